The van der Waals surface area contributed by atoms with Crippen LogP contribution in [-0.4, -0.2) is 67.8 Å². The highest BCUT2D eigenvalue weighted by Gasteiger charge is 2.45. The van der Waals surface area contributed by atoms with Gasteiger partial charge in [-0.25, -0.2) is 0 Å². The summed E-state index contributed by atoms with van der Waals surface area (Å²) in [4.78, 5) is 17.4. The van der Waals surface area contributed by atoms with E-state index in [1.165, 1.54) is 0 Å². The van der Waals surface area contributed by atoms with Gasteiger partial charge in [0.05, 0.1) is 31.8 Å². The number of hydrogen-bond acceptors (Lipinski definition) is 5. The monoisotopic (exact) mass is 334 g/mol. The first-order valence-electron chi connectivity index (χ1n) is 8.96. The summed E-state index contributed by atoms with van der Waals surface area (Å²) in [5.74, 6) is 2.55. The molecule has 4 rings (SSSR count). The van der Waals surface area contributed by atoms with Crippen LogP contribution in [0, 0.1) is 18.8 Å². The standard InChI is InChI=1S/C18H26N2O4/c1-13-2-3-14(24-13)10-19-11-16(15-4-7-23-17(15)12-19)18(21)20-5-8-22-9-6-20/h2-3,15-17H,4-12H2,1H3/t15-,16-,17+/m0/s1. The van der Waals surface area contributed by atoms with Gasteiger partial charge in [0.2, 0.25) is 5.91 Å². The molecule has 1 aromatic heterocycles. The summed E-state index contributed by atoms with van der Waals surface area (Å²) in [6, 6.07) is 4.01. The molecule has 1 amide bonds. The van der Waals surface area contributed by atoms with Gasteiger partial charge in [-0.1, -0.05) is 0 Å². The molecule has 6 nitrogen and oxygen atoms in total. The number of fused-ring (bicyclic) bond motifs is 1. The molecule has 0 spiro atoms. The summed E-state index contributed by atoms with van der Waals surface area (Å²) < 4.78 is 17.0. The Morgan fingerprint density at radius 2 is 2.04 bits per heavy atom. The number of amides is 1. The number of carbonyl (C=O) groups excluding carboxylic acids is 1. The van der Waals surface area contributed by atoms with Gasteiger partial charge < -0.3 is 18.8 Å². The Kier molecular flexibility index (Phi) is 4.61. The van der Waals surface area contributed by atoms with Crippen LogP contribution in [0.5, 0.6) is 0 Å². The van der Waals surface area contributed by atoms with Gasteiger partial charge in [-0.3, -0.25) is 9.69 Å². The lowest BCUT2D eigenvalue weighted by Crippen LogP contribution is -2.54. The Bertz CT molecular complexity index is 581. The molecule has 6 heteroatoms. The Morgan fingerprint density at radius 1 is 1.21 bits per heavy atom. The molecule has 132 valence electrons. The highest BCUT2D eigenvalue weighted by atomic mass is 16.5. The predicted octanol–water partition coefficient (Wildman–Crippen LogP) is 1.28. The fraction of sp³-hybridized carbons (Fsp3) is 0.722. The summed E-state index contributed by atoms with van der Waals surface area (Å²) in [6.07, 6.45) is 1.17. The average molecular weight is 334 g/mol. The van der Waals surface area contributed by atoms with Crippen LogP contribution in [0.25, 0.3) is 0 Å². The topological polar surface area (TPSA) is 55.2 Å². The van der Waals surface area contributed by atoms with E-state index in [-0.39, 0.29) is 17.9 Å². The van der Waals surface area contributed by atoms with Crippen LogP contribution >= 0.6 is 0 Å². The van der Waals surface area contributed by atoms with E-state index in [9.17, 15) is 4.79 Å². The van der Waals surface area contributed by atoms with Crippen molar-refractivity contribution in [1.82, 2.24) is 9.80 Å². The van der Waals surface area contributed by atoms with Gasteiger partial charge in [-0.05, 0) is 25.5 Å². The third-order valence-electron chi connectivity index (χ3n) is 5.49. The first-order valence-corrected chi connectivity index (χ1v) is 8.96. The predicted molar refractivity (Wildman–Crippen MR) is 87.5 cm³/mol. The van der Waals surface area contributed by atoms with Gasteiger partial charge in [0.1, 0.15) is 11.5 Å². The van der Waals surface area contributed by atoms with Crippen molar-refractivity contribution in [2.75, 3.05) is 46.0 Å². The number of furan rings is 1. The number of piperidine rings is 1. The van der Waals surface area contributed by atoms with Gasteiger partial charge in [0, 0.05) is 38.7 Å². The molecule has 0 bridgehead atoms. The molecule has 1 aromatic rings. The fourth-order valence-corrected chi connectivity index (χ4v) is 4.26. The van der Waals surface area contributed by atoms with Crippen LogP contribution < -0.4 is 0 Å². The Balaban J connectivity index is 1.47. The molecule has 0 aromatic carbocycles. The van der Waals surface area contributed by atoms with Crippen molar-refractivity contribution >= 4 is 5.91 Å². The number of rotatable bonds is 3. The van der Waals surface area contributed by atoms with Crippen molar-refractivity contribution in [3.05, 3.63) is 23.7 Å². The zero-order valence-corrected chi connectivity index (χ0v) is 14.3. The molecule has 0 unspecified atom stereocenters. The third-order valence-corrected chi connectivity index (χ3v) is 5.49. The number of ether oxygens (including phenoxy) is 2. The zero-order chi connectivity index (χ0) is 16.5. The Hall–Kier alpha value is -1.37. The molecular weight excluding hydrogens is 308 g/mol. The summed E-state index contributed by atoms with van der Waals surface area (Å²) >= 11 is 0. The molecule has 3 saturated heterocycles. The van der Waals surface area contributed by atoms with Crippen molar-refractivity contribution in [3.8, 4) is 0 Å². The van der Waals surface area contributed by atoms with E-state index in [0.717, 1.165) is 44.2 Å². The van der Waals surface area contributed by atoms with Crippen molar-refractivity contribution < 1.29 is 18.7 Å². The second-order valence-electron chi connectivity index (χ2n) is 7.11. The zero-order valence-electron chi connectivity index (χ0n) is 14.3. The highest BCUT2D eigenvalue weighted by molar-refractivity contribution is 5.79. The molecule has 0 aliphatic carbocycles. The van der Waals surface area contributed by atoms with E-state index >= 15 is 0 Å². The summed E-state index contributed by atoms with van der Waals surface area (Å²) in [5, 5.41) is 0. The quantitative estimate of drug-likeness (QED) is 0.834. The molecule has 3 aliphatic heterocycles. The Morgan fingerprint density at radius 3 is 2.79 bits per heavy atom. The normalized spacial score (nSPS) is 31.2. The summed E-state index contributed by atoms with van der Waals surface area (Å²) in [5.41, 5.74) is 0. The second-order valence-corrected chi connectivity index (χ2v) is 7.11. The van der Waals surface area contributed by atoms with E-state index in [0.29, 0.717) is 32.2 Å². The number of likely N-dealkylation sites (tertiary alicyclic amines) is 1. The molecule has 3 fully saturated rings. The van der Waals surface area contributed by atoms with E-state index in [2.05, 4.69) is 4.90 Å². The van der Waals surface area contributed by atoms with Crippen LogP contribution in [0.1, 0.15) is 17.9 Å². The van der Waals surface area contributed by atoms with E-state index in [1.54, 1.807) is 0 Å². The maximum atomic E-state index is 13.1. The summed E-state index contributed by atoms with van der Waals surface area (Å²) in [6.45, 7) is 7.88. The molecule has 3 aliphatic rings. The molecular formula is C18H26N2O4. The Labute approximate surface area is 142 Å². The average Bonchev–Trinajstić information content (AvgIpc) is 3.23. The van der Waals surface area contributed by atoms with Crippen LogP contribution in [0.2, 0.25) is 0 Å². The maximum absolute atomic E-state index is 13.1. The first kappa shape index (κ1) is 16.1. The molecule has 0 N–H and O–H groups in total. The molecule has 4 heterocycles. The minimum absolute atomic E-state index is 0.0282. The van der Waals surface area contributed by atoms with Crippen molar-refractivity contribution in [2.24, 2.45) is 11.8 Å². The minimum Gasteiger partial charge on any atom is -0.465 e. The lowest BCUT2D eigenvalue weighted by atomic mass is 9.81. The van der Waals surface area contributed by atoms with Gasteiger partial charge in [-0.2, -0.15) is 0 Å². The number of carbonyl (C=O) groups is 1. The lowest BCUT2D eigenvalue weighted by Gasteiger charge is -2.41. The molecule has 3 atom stereocenters. The van der Waals surface area contributed by atoms with Crippen LogP contribution in [-0.2, 0) is 20.8 Å². The number of nitrogens with zero attached hydrogens (tertiary/aromatic N) is 2. The van der Waals surface area contributed by atoms with E-state index < -0.39 is 0 Å². The van der Waals surface area contributed by atoms with Gasteiger partial charge in [-0.15, -0.1) is 0 Å². The van der Waals surface area contributed by atoms with Crippen LogP contribution in [0.3, 0.4) is 0 Å². The van der Waals surface area contributed by atoms with E-state index in [1.807, 2.05) is 24.0 Å². The second kappa shape index (κ2) is 6.86. The molecule has 0 saturated carbocycles. The molecule has 0 radical (unpaired) electrons. The van der Waals surface area contributed by atoms with E-state index in [4.69, 9.17) is 13.9 Å². The van der Waals surface area contributed by atoms with Gasteiger partial charge >= 0.3 is 0 Å². The number of hydrogen-bond donors (Lipinski definition) is 0. The number of morpholine rings is 1. The fourth-order valence-electron chi connectivity index (χ4n) is 4.26. The van der Waals surface area contributed by atoms with Crippen LogP contribution in [0.4, 0.5) is 0 Å². The van der Waals surface area contributed by atoms with Crippen molar-refractivity contribution in [2.45, 2.75) is 26.0 Å². The smallest absolute Gasteiger partial charge is 0.227 e. The van der Waals surface area contributed by atoms with Gasteiger partial charge in [0.15, 0.2) is 0 Å². The van der Waals surface area contributed by atoms with Crippen molar-refractivity contribution in [3.63, 3.8) is 0 Å². The van der Waals surface area contributed by atoms with Crippen molar-refractivity contribution in [1.29, 1.82) is 0 Å². The highest BCUT2D eigenvalue weighted by Crippen LogP contribution is 2.35. The third kappa shape index (κ3) is 3.23. The van der Waals surface area contributed by atoms with Crippen LogP contribution in [0.15, 0.2) is 16.5 Å². The maximum Gasteiger partial charge on any atom is 0.227 e. The largest absolute Gasteiger partial charge is 0.465 e. The lowest BCUT2D eigenvalue weighted by molar-refractivity contribution is -0.146. The molecule has 24 heavy (non-hydrogen) atoms. The SMILES string of the molecule is Cc1ccc(CN2C[C@H](C(=O)N3CCOCC3)[C@@H]3CCO[C@@H]3C2)o1. The minimum atomic E-state index is 0.0282. The number of aryl methyl sites for hydroxylation is 1. The first-order chi connectivity index (χ1) is 11.7. The van der Waals surface area contributed by atoms with Gasteiger partial charge in [0.25, 0.3) is 0 Å². The summed E-state index contributed by atoms with van der Waals surface area (Å²) in [7, 11) is 0.